The number of alkyl halides is 2. The maximum Gasteiger partial charge on any atom is 0.241 e. The lowest BCUT2D eigenvalue weighted by atomic mass is 9.70. The number of aromatic amines is 1. The van der Waals surface area contributed by atoms with Crippen LogP contribution in [0.4, 0.5) is 13.2 Å². The van der Waals surface area contributed by atoms with Gasteiger partial charge in [0.25, 0.3) is 0 Å². The normalized spacial score (nSPS) is 24.9. The monoisotopic (exact) mass is 354 g/mol. The van der Waals surface area contributed by atoms with Crippen molar-refractivity contribution in [1.29, 1.82) is 0 Å². The minimum atomic E-state index is -2.25. The number of hydrogen-bond donors (Lipinski definition) is 1. The van der Waals surface area contributed by atoms with Crippen molar-refractivity contribution in [3.8, 4) is 0 Å². The molecule has 0 spiro atoms. The van der Waals surface area contributed by atoms with E-state index >= 15 is 0 Å². The molecule has 2 heterocycles. The first-order valence-corrected chi connectivity index (χ1v) is 9.33. The Kier molecular flexibility index (Phi) is 4.29. The third-order valence-corrected chi connectivity index (χ3v) is 6.36. The number of halogens is 3. The summed E-state index contributed by atoms with van der Waals surface area (Å²) in [5, 5.41) is 1.80. The quantitative estimate of drug-likeness (QED) is 0.734. The van der Waals surface area contributed by atoms with Gasteiger partial charge in [0.15, 0.2) is 0 Å². The van der Waals surface area contributed by atoms with Crippen LogP contribution in [0.1, 0.15) is 42.7 Å². The number of nitrogens with zero attached hydrogens (tertiary/aromatic N) is 1. The molecule has 1 saturated heterocycles. The number of H-pyrrole nitrogens is 1. The lowest BCUT2D eigenvalue weighted by Gasteiger charge is -2.36. The lowest BCUT2D eigenvalue weighted by Crippen LogP contribution is -2.28. The van der Waals surface area contributed by atoms with Crippen molar-refractivity contribution in [2.75, 3.05) is 13.1 Å². The third kappa shape index (κ3) is 2.84. The second-order valence-corrected chi connectivity index (χ2v) is 8.14. The van der Waals surface area contributed by atoms with Crippen molar-refractivity contribution in [2.24, 2.45) is 5.92 Å². The van der Waals surface area contributed by atoms with Gasteiger partial charge in [0.2, 0.25) is 6.43 Å². The van der Waals surface area contributed by atoms with Gasteiger partial charge in [-0.1, -0.05) is 0 Å². The fourth-order valence-electron chi connectivity index (χ4n) is 4.00. The lowest BCUT2D eigenvalue weighted by molar-refractivity contribution is 0.0227. The number of nitrogens with one attached hydrogen (secondary N) is 1. The van der Waals surface area contributed by atoms with E-state index in [0.717, 1.165) is 34.6 Å². The molecule has 0 unspecified atom stereocenters. The molecule has 1 N–H and O–H groups in total. The van der Waals surface area contributed by atoms with Crippen molar-refractivity contribution >= 4 is 22.9 Å². The topological polar surface area (TPSA) is 19.0 Å². The van der Waals surface area contributed by atoms with E-state index in [9.17, 15) is 13.2 Å². The summed E-state index contributed by atoms with van der Waals surface area (Å²) in [6.45, 7) is 3.98. The van der Waals surface area contributed by atoms with Crippen LogP contribution in [0.25, 0.3) is 10.9 Å². The third-order valence-electron chi connectivity index (χ3n) is 5.32. The number of benzene rings is 1. The summed E-state index contributed by atoms with van der Waals surface area (Å²) in [5.74, 6) is -0.649. The summed E-state index contributed by atoms with van der Waals surface area (Å²) in [4.78, 5) is 3.19. The van der Waals surface area contributed by atoms with Gasteiger partial charge in [0.1, 0.15) is 5.82 Å². The molecule has 2 fully saturated rings. The Morgan fingerprint density at radius 1 is 1.21 bits per heavy atom. The fraction of sp³-hybridized carbons (Fsp3) is 0.556. The Morgan fingerprint density at radius 2 is 1.92 bits per heavy atom. The predicted octanol–water partition coefficient (Wildman–Crippen LogP) is 5.48. The van der Waals surface area contributed by atoms with Crippen LogP contribution in [0.2, 0.25) is 0 Å². The molecule has 0 amide bonds. The number of fused-ring (bicyclic) bond motifs is 1. The summed E-state index contributed by atoms with van der Waals surface area (Å²) < 4.78 is 42.3. The van der Waals surface area contributed by atoms with Crippen LogP contribution in [0.15, 0.2) is 17.2 Å². The Hall–Kier alpha value is -1.14. The van der Waals surface area contributed by atoms with Crippen molar-refractivity contribution in [3.63, 3.8) is 0 Å². The molecule has 2 nitrogen and oxygen atoms in total. The molecule has 2 aromatic rings. The number of aromatic nitrogens is 1. The smallest absolute Gasteiger partial charge is 0.241 e. The Balaban J connectivity index is 1.66. The first-order valence-electron chi connectivity index (χ1n) is 8.55. The van der Waals surface area contributed by atoms with E-state index in [0.29, 0.717) is 18.4 Å². The zero-order valence-corrected chi connectivity index (χ0v) is 14.4. The van der Waals surface area contributed by atoms with Gasteiger partial charge in [-0.15, -0.1) is 0 Å². The average molecular weight is 354 g/mol. The molecule has 1 aromatic carbocycles. The van der Waals surface area contributed by atoms with Crippen LogP contribution < -0.4 is 0 Å². The second kappa shape index (κ2) is 6.30. The summed E-state index contributed by atoms with van der Waals surface area (Å²) in [5.41, 5.74) is 2.43. The van der Waals surface area contributed by atoms with E-state index < -0.39 is 12.3 Å². The highest BCUT2D eigenvalue weighted by Crippen LogP contribution is 2.48. The maximum absolute atomic E-state index is 14.4. The summed E-state index contributed by atoms with van der Waals surface area (Å²) in [6.07, 6.45) is 1.15. The largest absolute Gasteiger partial charge is 0.346 e. The SMILES string of the molecule is Cc1cc(F)c2[nH]c(SN3CCCC3)cc2c1C1CC(C(F)F)C1. The second-order valence-electron chi connectivity index (χ2n) is 7.00. The van der Waals surface area contributed by atoms with Crippen LogP contribution in [0, 0.1) is 18.7 Å². The Morgan fingerprint density at radius 3 is 2.58 bits per heavy atom. The van der Waals surface area contributed by atoms with Gasteiger partial charge in [-0.2, -0.15) is 0 Å². The predicted molar refractivity (Wildman–Crippen MR) is 91.1 cm³/mol. The van der Waals surface area contributed by atoms with Crippen LogP contribution in [-0.4, -0.2) is 28.8 Å². The van der Waals surface area contributed by atoms with E-state index in [2.05, 4.69) is 9.29 Å². The van der Waals surface area contributed by atoms with Gasteiger partial charge < -0.3 is 4.98 Å². The zero-order valence-electron chi connectivity index (χ0n) is 13.6. The van der Waals surface area contributed by atoms with E-state index in [1.165, 1.54) is 18.9 Å². The fourth-order valence-corrected chi connectivity index (χ4v) is 5.03. The highest BCUT2D eigenvalue weighted by molar-refractivity contribution is 7.97. The Bertz CT molecular complexity index is 746. The highest BCUT2D eigenvalue weighted by atomic mass is 32.2. The van der Waals surface area contributed by atoms with Crippen molar-refractivity contribution in [2.45, 2.75) is 50.0 Å². The van der Waals surface area contributed by atoms with Gasteiger partial charge in [-0.05, 0) is 73.7 Å². The molecule has 2 aliphatic rings. The summed E-state index contributed by atoms with van der Waals surface area (Å²) in [7, 11) is 0. The zero-order chi connectivity index (χ0) is 16.8. The number of rotatable bonds is 4. The molecule has 1 aromatic heterocycles. The minimum Gasteiger partial charge on any atom is -0.346 e. The first kappa shape index (κ1) is 16.3. The van der Waals surface area contributed by atoms with Crippen LogP contribution in [0.3, 0.4) is 0 Å². The average Bonchev–Trinajstić information content (AvgIpc) is 3.10. The van der Waals surface area contributed by atoms with Gasteiger partial charge in [-0.3, -0.25) is 0 Å². The maximum atomic E-state index is 14.4. The highest BCUT2D eigenvalue weighted by Gasteiger charge is 2.38. The van der Waals surface area contributed by atoms with E-state index in [-0.39, 0.29) is 11.7 Å². The molecule has 6 heteroatoms. The summed E-state index contributed by atoms with van der Waals surface area (Å²) >= 11 is 1.63. The van der Waals surface area contributed by atoms with Crippen LogP contribution in [0.5, 0.6) is 0 Å². The van der Waals surface area contributed by atoms with E-state index in [4.69, 9.17) is 0 Å². The van der Waals surface area contributed by atoms with Gasteiger partial charge >= 0.3 is 0 Å². The molecule has 1 aliphatic carbocycles. The molecular formula is C18H21F3N2S. The molecule has 24 heavy (non-hydrogen) atoms. The van der Waals surface area contributed by atoms with Crippen molar-refractivity contribution in [1.82, 2.24) is 9.29 Å². The van der Waals surface area contributed by atoms with Gasteiger partial charge in [0, 0.05) is 24.4 Å². The molecule has 0 atom stereocenters. The molecule has 1 saturated carbocycles. The molecule has 1 aliphatic heterocycles. The van der Waals surface area contributed by atoms with Crippen LogP contribution >= 0.6 is 11.9 Å². The van der Waals surface area contributed by atoms with Gasteiger partial charge in [-0.25, -0.2) is 17.5 Å². The number of aryl methyl sites for hydroxylation is 1. The van der Waals surface area contributed by atoms with Crippen LogP contribution in [-0.2, 0) is 0 Å². The molecule has 4 rings (SSSR count). The minimum absolute atomic E-state index is 0.118. The molecule has 0 radical (unpaired) electrons. The number of hydrogen-bond acceptors (Lipinski definition) is 2. The van der Waals surface area contributed by atoms with Gasteiger partial charge in [0.05, 0.1) is 10.5 Å². The first-order chi connectivity index (χ1) is 11.5. The molecular weight excluding hydrogens is 333 g/mol. The molecule has 0 bridgehead atoms. The molecule has 130 valence electrons. The summed E-state index contributed by atoms with van der Waals surface area (Å²) in [6, 6.07) is 3.54. The van der Waals surface area contributed by atoms with E-state index in [1.54, 1.807) is 11.9 Å². The van der Waals surface area contributed by atoms with Crippen molar-refractivity contribution < 1.29 is 13.2 Å². The van der Waals surface area contributed by atoms with E-state index in [1.807, 2.05) is 13.0 Å². The standard InChI is InChI=1S/C18H21F3N2S/c1-10-6-14(19)17-13(16(10)11-7-12(8-11)18(20)21)9-15(22-17)24-23-4-2-3-5-23/h6,9,11-12,18,22H,2-5,7-8H2,1H3. The van der Waals surface area contributed by atoms with Crippen molar-refractivity contribution in [3.05, 3.63) is 29.1 Å². The Labute approximate surface area is 143 Å².